The molecular formula is C24H32N2O2. The van der Waals surface area contributed by atoms with Crippen LogP contribution in [-0.4, -0.2) is 49.3 Å². The molecule has 4 rings (SSSR count). The first kappa shape index (κ1) is 19.3. The summed E-state index contributed by atoms with van der Waals surface area (Å²) >= 11 is 0. The van der Waals surface area contributed by atoms with Crippen LogP contribution in [0.3, 0.4) is 0 Å². The van der Waals surface area contributed by atoms with Crippen LogP contribution in [0.1, 0.15) is 30.4 Å². The van der Waals surface area contributed by atoms with Gasteiger partial charge < -0.3 is 14.7 Å². The van der Waals surface area contributed by atoms with E-state index < -0.39 is 0 Å². The molecule has 0 spiro atoms. The van der Waals surface area contributed by atoms with Gasteiger partial charge in [-0.3, -0.25) is 4.90 Å². The Balaban J connectivity index is 1.27. The molecule has 2 fully saturated rings. The number of methoxy groups -OCH3 is 1. The highest BCUT2D eigenvalue weighted by molar-refractivity contribution is 5.49. The van der Waals surface area contributed by atoms with Gasteiger partial charge in [-0.15, -0.1) is 0 Å². The SMILES string of the molecule is COc1ccc(N2CCC(N3CC[C@H](Cc4cccc(CO)c4)C3)CC2)cc1. The molecule has 2 heterocycles. The zero-order chi connectivity index (χ0) is 19.3. The summed E-state index contributed by atoms with van der Waals surface area (Å²) in [4.78, 5) is 5.23. The lowest BCUT2D eigenvalue weighted by molar-refractivity contribution is 0.200. The fraction of sp³-hybridized carbons (Fsp3) is 0.500. The molecule has 0 bridgehead atoms. The number of rotatable bonds is 6. The Kier molecular flexibility index (Phi) is 6.18. The van der Waals surface area contributed by atoms with Gasteiger partial charge in [-0.1, -0.05) is 24.3 Å². The third kappa shape index (κ3) is 4.50. The predicted octanol–water partition coefficient (Wildman–Crippen LogP) is 3.72. The second kappa shape index (κ2) is 8.97. The highest BCUT2D eigenvalue weighted by atomic mass is 16.5. The first-order valence-electron chi connectivity index (χ1n) is 10.6. The van der Waals surface area contributed by atoms with Crippen LogP contribution >= 0.6 is 0 Å². The van der Waals surface area contributed by atoms with E-state index in [2.05, 4.69) is 52.3 Å². The summed E-state index contributed by atoms with van der Waals surface area (Å²) in [6, 6.07) is 17.6. The highest BCUT2D eigenvalue weighted by Crippen LogP contribution is 2.29. The third-order valence-electron chi connectivity index (χ3n) is 6.43. The van der Waals surface area contributed by atoms with E-state index in [0.29, 0.717) is 0 Å². The van der Waals surface area contributed by atoms with Gasteiger partial charge in [0.25, 0.3) is 0 Å². The van der Waals surface area contributed by atoms with Crippen molar-refractivity contribution in [3.05, 3.63) is 59.7 Å². The summed E-state index contributed by atoms with van der Waals surface area (Å²) in [5, 5.41) is 9.35. The molecule has 1 atom stereocenters. The molecular weight excluding hydrogens is 348 g/mol. The normalized spacial score (nSPS) is 21.2. The maximum Gasteiger partial charge on any atom is 0.119 e. The predicted molar refractivity (Wildman–Crippen MR) is 114 cm³/mol. The topological polar surface area (TPSA) is 35.9 Å². The zero-order valence-corrected chi connectivity index (χ0v) is 16.9. The number of aliphatic hydroxyl groups is 1. The van der Waals surface area contributed by atoms with Crippen molar-refractivity contribution in [3.8, 4) is 5.75 Å². The molecule has 0 unspecified atom stereocenters. The van der Waals surface area contributed by atoms with Gasteiger partial charge in [0.15, 0.2) is 0 Å². The highest BCUT2D eigenvalue weighted by Gasteiger charge is 2.30. The average molecular weight is 381 g/mol. The van der Waals surface area contributed by atoms with Crippen molar-refractivity contribution >= 4 is 5.69 Å². The molecule has 28 heavy (non-hydrogen) atoms. The van der Waals surface area contributed by atoms with E-state index in [1.807, 2.05) is 6.07 Å². The number of anilines is 1. The molecule has 2 aliphatic rings. The lowest BCUT2D eigenvalue weighted by atomic mass is 9.97. The molecule has 2 aliphatic heterocycles. The number of likely N-dealkylation sites (tertiary alicyclic amines) is 1. The third-order valence-corrected chi connectivity index (χ3v) is 6.43. The summed E-state index contributed by atoms with van der Waals surface area (Å²) in [5.74, 6) is 1.67. The fourth-order valence-electron chi connectivity index (χ4n) is 4.83. The Bertz CT molecular complexity index is 753. The van der Waals surface area contributed by atoms with E-state index in [1.165, 1.54) is 43.6 Å². The fourth-order valence-corrected chi connectivity index (χ4v) is 4.83. The molecule has 0 aromatic heterocycles. The van der Waals surface area contributed by atoms with Crippen molar-refractivity contribution < 1.29 is 9.84 Å². The van der Waals surface area contributed by atoms with E-state index in [1.54, 1.807) is 7.11 Å². The Morgan fingerprint density at radius 2 is 1.71 bits per heavy atom. The lowest BCUT2D eigenvalue weighted by Crippen LogP contribution is -2.44. The number of benzene rings is 2. The maximum absolute atomic E-state index is 9.35. The quantitative estimate of drug-likeness (QED) is 0.829. The van der Waals surface area contributed by atoms with Gasteiger partial charge in [0.1, 0.15) is 5.75 Å². The van der Waals surface area contributed by atoms with Crippen molar-refractivity contribution in [1.29, 1.82) is 0 Å². The molecule has 4 nitrogen and oxygen atoms in total. The minimum absolute atomic E-state index is 0.136. The Morgan fingerprint density at radius 3 is 2.43 bits per heavy atom. The van der Waals surface area contributed by atoms with Crippen molar-refractivity contribution in [2.75, 3.05) is 38.2 Å². The van der Waals surface area contributed by atoms with Crippen LogP contribution < -0.4 is 9.64 Å². The maximum atomic E-state index is 9.35. The number of nitrogens with zero attached hydrogens (tertiary/aromatic N) is 2. The molecule has 0 saturated carbocycles. The van der Waals surface area contributed by atoms with Crippen molar-refractivity contribution in [2.45, 2.75) is 38.3 Å². The van der Waals surface area contributed by atoms with Crippen LogP contribution in [0.25, 0.3) is 0 Å². The number of piperidine rings is 1. The van der Waals surface area contributed by atoms with E-state index in [0.717, 1.165) is 42.8 Å². The van der Waals surface area contributed by atoms with Crippen LogP contribution in [0.5, 0.6) is 5.75 Å². The number of ether oxygens (including phenoxy) is 1. The van der Waals surface area contributed by atoms with E-state index >= 15 is 0 Å². The van der Waals surface area contributed by atoms with Crippen LogP contribution in [-0.2, 0) is 13.0 Å². The van der Waals surface area contributed by atoms with E-state index in [9.17, 15) is 5.11 Å². The Hall–Kier alpha value is -2.04. The minimum atomic E-state index is 0.136. The minimum Gasteiger partial charge on any atom is -0.497 e. The van der Waals surface area contributed by atoms with Gasteiger partial charge >= 0.3 is 0 Å². The van der Waals surface area contributed by atoms with Crippen molar-refractivity contribution in [1.82, 2.24) is 4.90 Å². The van der Waals surface area contributed by atoms with Crippen LogP contribution in [0.4, 0.5) is 5.69 Å². The molecule has 0 amide bonds. The smallest absolute Gasteiger partial charge is 0.119 e. The molecule has 4 heteroatoms. The summed E-state index contributed by atoms with van der Waals surface area (Å²) in [6.45, 7) is 4.86. The number of hydrogen-bond acceptors (Lipinski definition) is 4. The van der Waals surface area contributed by atoms with Gasteiger partial charge in [-0.05, 0) is 73.5 Å². The first-order chi connectivity index (χ1) is 13.7. The van der Waals surface area contributed by atoms with Gasteiger partial charge in [0.05, 0.1) is 13.7 Å². The van der Waals surface area contributed by atoms with Gasteiger partial charge in [0.2, 0.25) is 0 Å². The second-order valence-corrected chi connectivity index (χ2v) is 8.25. The molecule has 0 radical (unpaired) electrons. The molecule has 2 aromatic carbocycles. The summed E-state index contributed by atoms with van der Waals surface area (Å²) < 4.78 is 5.27. The standard InChI is InChI=1S/C24H32N2O2/c1-28-24-7-5-22(6-8-24)25-13-10-23(11-14-25)26-12-9-20(17-26)15-19-3-2-4-21(16-19)18-27/h2-8,16,20,23,27H,9-15,17-18H2,1H3/t20-/m1/s1. The van der Waals surface area contributed by atoms with Crippen molar-refractivity contribution in [3.63, 3.8) is 0 Å². The molecule has 150 valence electrons. The largest absolute Gasteiger partial charge is 0.497 e. The first-order valence-corrected chi connectivity index (χ1v) is 10.6. The summed E-state index contributed by atoms with van der Waals surface area (Å²) in [5.41, 5.74) is 3.70. The Labute approximate surface area is 168 Å². The van der Waals surface area contributed by atoms with Gasteiger partial charge in [-0.2, -0.15) is 0 Å². The molecule has 2 saturated heterocycles. The summed E-state index contributed by atoms with van der Waals surface area (Å²) in [6.07, 6.45) is 4.93. The lowest BCUT2D eigenvalue weighted by Gasteiger charge is -2.38. The van der Waals surface area contributed by atoms with Crippen LogP contribution in [0, 0.1) is 5.92 Å². The van der Waals surface area contributed by atoms with Gasteiger partial charge in [-0.25, -0.2) is 0 Å². The van der Waals surface area contributed by atoms with Crippen LogP contribution in [0.2, 0.25) is 0 Å². The molecule has 1 N–H and O–H groups in total. The van der Waals surface area contributed by atoms with Crippen molar-refractivity contribution in [2.24, 2.45) is 5.92 Å². The van der Waals surface area contributed by atoms with E-state index in [-0.39, 0.29) is 6.61 Å². The molecule has 0 aliphatic carbocycles. The number of aliphatic hydroxyl groups excluding tert-OH is 1. The summed E-state index contributed by atoms with van der Waals surface area (Å²) in [7, 11) is 1.72. The zero-order valence-electron chi connectivity index (χ0n) is 16.9. The average Bonchev–Trinajstić information content (AvgIpc) is 3.22. The van der Waals surface area contributed by atoms with E-state index in [4.69, 9.17) is 4.74 Å². The van der Waals surface area contributed by atoms with Crippen LogP contribution in [0.15, 0.2) is 48.5 Å². The monoisotopic (exact) mass is 380 g/mol. The molecule has 2 aromatic rings. The Morgan fingerprint density at radius 1 is 0.964 bits per heavy atom. The second-order valence-electron chi connectivity index (χ2n) is 8.25. The van der Waals surface area contributed by atoms with Gasteiger partial charge in [0, 0.05) is 31.4 Å². The number of hydrogen-bond donors (Lipinski definition) is 1.